The van der Waals surface area contributed by atoms with Crippen LogP contribution < -0.4 is 15.0 Å². The third-order valence-electron chi connectivity index (χ3n) is 6.67. The number of aromatic nitrogens is 1. The molecule has 0 spiro atoms. The summed E-state index contributed by atoms with van der Waals surface area (Å²) < 4.78 is 17.3. The Labute approximate surface area is 223 Å². The highest BCUT2D eigenvalue weighted by molar-refractivity contribution is 7.16. The van der Waals surface area contributed by atoms with Gasteiger partial charge < -0.3 is 19.3 Å². The molecule has 9 heteroatoms. The zero-order valence-electron chi connectivity index (χ0n) is 21.4. The molecule has 2 heterocycles. The second kappa shape index (κ2) is 10.7. The van der Waals surface area contributed by atoms with Crippen LogP contribution in [-0.4, -0.2) is 42.7 Å². The minimum Gasteiger partial charge on any atom is -0.494 e. The van der Waals surface area contributed by atoms with Crippen molar-refractivity contribution in [1.82, 2.24) is 4.57 Å². The third-order valence-corrected chi connectivity index (χ3v) is 7.87. The summed E-state index contributed by atoms with van der Waals surface area (Å²) in [6.07, 6.45) is 5.32. The number of esters is 1. The van der Waals surface area contributed by atoms with E-state index in [9.17, 15) is 14.7 Å². The van der Waals surface area contributed by atoms with Gasteiger partial charge in [0.05, 0.1) is 37.6 Å². The van der Waals surface area contributed by atoms with Crippen molar-refractivity contribution in [2.75, 3.05) is 20.8 Å². The summed E-state index contributed by atoms with van der Waals surface area (Å²) >= 11 is 1.48. The Bertz CT molecular complexity index is 1620. The number of rotatable bonds is 7. The van der Waals surface area contributed by atoms with Gasteiger partial charge in [-0.1, -0.05) is 18.2 Å². The molecule has 0 unspecified atom stereocenters. The summed E-state index contributed by atoms with van der Waals surface area (Å²) in [5.41, 5.74) is 1.89. The number of pyridine rings is 1. The lowest BCUT2D eigenvalue weighted by Gasteiger charge is -2.15. The molecule has 1 aliphatic carbocycles. The molecule has 0 saturated heterocycles. The van der Waals surface area contributed by atoms with Crippen molar-refractivity contribution < 1.29 is 24.1 Å². The van der Waals surface area contributed by atoms with E-state index in [-0.39, 0.29) is 24.0 Å². The van der Waals surface area contributed by atoms with Gasteiger partial charge in [-0.2, -0.15) is 0 Å². The van der Waals surface area contributed by atoms with E-state index in [2.05, 4.69) is 0 Å². The first kappa shape index (κ1) is 25.5. The Morgan fingerprint density at radius 3 is 2.55 bits per heavy atom. The number of carbonyl (C=O) groups excluding carboxylic acids is 1. The van der Waals surface area contributed by atoms with Gasteiger partial charge in [-0.3, -0.25) is 4.79 Å². The molecule has 5 rings (SSSR count). The molecule has 4 aromatic rings. The summed E-state index contributed by atoms with van der Waals surface area (Å²) in [5, 5.41) is 12.9. The van der Waals surface area contributed by atoms with E-state index in [0.717, 1.165) is 36.1 Å². The number of benzene rings is 2. The highest BCUT2D eigenvalue weighted by atomic mass is 32.1. The second-order valence-corrected chi connectivity index (χ2v) is 9.92. The van der Waals surface area contributed by atoms with Gasteiger partial charge in [0, 0.05) is 27.9 Å². The van der Waals surface area contributed by atoms with Crippen LogP contribution in [0.5, 0.6) is 17.4 Å². The van der Waals surface area contributed by atoms with Crippen molar-refractivity contribution in [1.29, 1.82) is 0 Å². The highest BCUT2D eigenvalue weighted by Crippen LogP contribution is 2.41. The van der Waals surface area contributed by atoms with Gasteiger partial charge in [0.1, 0.15) is 5.00 Å². The standard InChI is InChI=1S/C29H28N2O6S/c1-4-37-29(34)25-20-11-7-8-12-24(20)38-26(25)30-16-21-18-9-5-6-10-19(18)27(32)31(28(21)33)17-13-14-22(35-2)23(15-17)36-3/h5-6,9-10,13-16,33H,4,7-8,11-12H2,1-3H3. The lowest BCUT2D eigenvalue weighted by Crippen LogP contribution is -2.20. The van der Waals surface area contributed by atoms with Gasteiger partial charge in [0.25, 0.3) is 5.56 Å². The number of hydrogen-bond acceptors (Lipinski definition) is 8. The highest BCUT2D eigenvalue weighted by Gasteiger charge is 2.26. The SMILES string of the molecule is CCOC(=O)c1c(N=Cc2c(O)n(-c3ccc(OC)c(OC)c3)c(=O)c3ccccc23)sc2c1CCCC2. The monoisotopic (exact) mass is 532 g/mol. The van der Waals surface area contributed by atoms with Crippen LogP contribution in [0.3, 0.4) is 0 Å². The Kier molecular flexibility index (Phi) is 7.20. The van der Waals surface area contributed by atoms with Crippen molar-refractivity contribution in [3.05, 3.63) is 74.4 Å². The molecule has 0 radical (unpaired) electrons. The van der Waals surface area contributed by atoms with Crippen molar-refractivity contribution >= 4 is 39.3 Å². The Balaban J connectivity index is 1.70. The van der Waals surface area contributed by atoms with Crippen molar-refractivity contribution in [2.24, 2.45) is 4.99 Å². The first-order valence-corrected chi connectivity index (χ1v) is 13.2. The number of hydrogen-bond donors (Lipinski definition) is 1. The average Bonchev–Trinajstić information content (AvgIpc) is 3.31. The van der Waals surface area contributed by atoms with Crippen LogP contribution in [0.15, 0.2) is 52.3 Å². The molecule has 0 atom stereocenters. The Morgan fingerprint density at radius 2 is 1.82 bits per heavy atom. The number of aromatic hydroxyl groups is 1. The normalized spacial score (nSPS) is 13.0. The third kappa shape index (κ3) is 4.43. The van der Waals surface area contributed by atoms with Crippen molar-refractivity contribution in [3.8, 4) is 23.1 Å². The minimum absolute atomic E-state index is 0.272. The lowest BCUT2D eigenvalue weighted by molar-refractivity contribution is 0.0526. The number of aliphatic imine (C=N–C) groups is 1. The molecule has 1 N–H and O–H groups in total. The molecule has 196 valence electrons. The maximum Gasteiger partial charge on any atom is 0.341 e. The van der Waals surface area contributed by atoms with Gasteiger partial charge in [-0.25, -0.2) is 14.4 Å². The summed E-state index contributed by atoms with van der Waals surface area (Å²) in [7, 11) is 3.03. The van der Waals surface area contributed by atoms with E-state index < -0.39 is 0 Å². The maximum atomic E-state index is 13.5. The van der Waals surface area contributed by atoms with Crippen LogP contribution in [0.25, 0.3) is 16.5 Å². The maximum absolute atomic E-state index is 13.5. The summed E-state index contributed by atoms with van der Waals surface area (Å²) in [4.78, 5) is 32.2. The number of ether oxygens (including phenoxy) is 3. The molecule has 0 bridgehead atoms. The Hall–Kier alpha value is -4.11. The molecule has 2 aromatic heterocycles. The number of carbonyl (C=O) groups is 1. The van der Waals surface area contributed by atoms with Crippen LogP contribution in [0.2, 0.25) is 0 Å². The largest absolute Gasteiger partial charge is 0.494 e. The molecular weight excluding hydrogens is 504 g/mol. The summed E-state index contributed by atoms with van der Waals surface area (Å²) in [6.45, 7) is 2.05. The number of aryl methyl sites for hydroxylation is 1. The van der Waals surface area contributed by atoms with Gasteiger partial charge >= 0.3 is 5.97 Å². The van der Waals surface area contributed by atoms with Gasteiger partial charge in [-0.05, 0) is 56.4 Å². The number of fused-ring (bicyclic) bond motifs is 2. The topological polar surface area (TPSA) is 99.3 Å². The Morgan fingerprint density at radius 1 is 1.08 bits per heavy atom. The van der Waals surface area contributed by atoms with Crippen LogP contribution in [0.1, 0.15) is 46.1 Å². The predicted octanol–water partition coefficient (Wildman–Crippen LogP) is 5.58. The molecule has 0 saturated carbocycles. The van der Waals surface area contributed by atoms with Crippen LogP contribution >= 0.6 is 11.3 Å². The van der Waals surface area contributed by atoms with E-state index in [1.807, 2.05) is 0 Å². The van der Waals surface area contributed by atoms with E-state index >= 15 is 0 Å². The van der Waals surface area contributed by atoms with Gasteiger partial charge in [0.2, 0.25) is 5.88 Å². The van der Waals surface area contributed by atoms with E-state index in [1.54, 1.807) is 49.4 Å². The fourth-order valence-corrected chi connectivity index (χ4v) is 6.09. The fourth-order valence-electron chi connectivity index (χ4n) is 4.87. The summed E-state index contributed by atoms with van der Waals surface area (Å²) in [5.74, 6) is 0.259. The molecule has 38 heavy (non-hydrogen) atoms. The van der Waals surface area contributed by atoms with E-state index in [0.29, 0.717) is 44.1 Å². The molecule has 0 fully saturated rings. The van der Waals surface area contributed by atoms with Gasteiger partial charge in [0.15, 0.2) is 11.5 Å². The molecule has 2 aromatic carbocycles. The molecule has 8 nitrogen and oxygen atoms in total. The summed E-state index contributed by atoms with van der Waals surface area (Å²) in [6, 6.07) is 12.0. The van der Waals surface area contributed by atoms with E-state index in [4.69, 9.17) is 19.2 Å². The number of methoxy groups -OCH3 is 2. The van der Waals surface area contributed by atoms with Crippen molar-refractivity contribution in [2.45, 2.75) is 32.6 Å². The molecule has 0 amide bonds. The van der Waals surface area contributed by atoms with Crippen LogP contribution in [0.4, 0.5) is 5.00 Å². The van der Waals surface area contributed by atoms with Crippen LogP contribution in [-0.2, 0) is 17.6 Å². The minimum atomic E-state index is -0.388. The smallest absolute Gasteiger partial charge is 0.341 e. The second-order valence-electron chi connectivity index (χ2n) is 8.83. The van der Waals surface area contributed by atoms with Crippen LogP contribution in [0, 0.1) is 0 Å². The van der Waals surface area contributed by atoms with E-state index in [1.165, 1.54) is 36.3 Å². The lowest BCUT2D eigenvalue weighted by atomic mass is 9.95. The molecule has 1 aliphatic rings. The number of thiophene rings is 1. The predicted molar refractivity (Wildman–Crippen MR) is 148 cm³/mol. The molecular formula is C29H28N2O6S. The first-order valence-electron chi connectivity index (χ1n) is 12.4. The first-order chi connectivity index (χ1) is 18.5. The van der Waals surface area contributed by atoms with Crippen molar-refractivity contribution in [3.63, 3.8) is 0 Å². The quantitative estimate of drug-likeness (QED) is 0.246. The fraction of sp³-hybridized carbons (Fsp3) is 0.276. The average molecular weight is 533 g/mol. The number of nitrogens with zero attached hydrogens (tertiary/aromatic N) is 2. The molecule has 0 aliphatic heterocycles. The van der Waals surface area contributed by atoms with Gasteiger partial charge in [-0.15, -0.1) is 11.3 Å². The zero-order valence-corrected chi connectivity index (χ0v) is 22.3. The zero-order chi connectivity index (χ0) is 26.8.